The molecule has 0 fully saturated rings. The summed E-state index contributed by atoms with van der Waals surface area (Å²) in [6.45, 7) is 1.77. The first-order chi connectivity index (χ1) is 10.1. The number of hydrogen-bond acceptors (Lipinski definition) is 4. The normalized spacial score (nSPS) is 10.7. The number of nitrogens with one attached hydrogen (secondary N) is 1. The predicted molar refractivity (Wildman–Crippen MR) is 85.8 cm³/mol. The average Bonchev–Trinajstić information content (AvgIpc) is 3.01. The van der Waals surface area contributed by atoms with E-state index in [2.05, 4.69) is 5.32 Å². The molecule has 2 N–H and O–H groups in total. The van der Waals surface area contributed by atoms with Gasteiger partial charge in [0.1, 0.15) is 0 Å². The molecule has 0 aliphatic heterocycles. The quantitative estimate of drug-likeness (QED) is 0.760. The maximum absolute atomic E-state index is 12.3. The molecular formula is C15H11NO3S2. The summed E-state index contributed by atoms with van der Waals surface area (Å²) in [5.74, 6) is -1.33. The van der Waals surface area contributed by atoms with Crippen molar-refractivity contribution in [3.63, 3.8) is 0 Å². The zero-order valence-electron chi connectivity index (χ0n) is 11.0. The molecule has 3 rings (SSSR count). The number of carboxylic acids is 1. The van der Waals surface area contributed by atoms with E-state index < -0.39 is 5.97 Å². The zero-order valence-corrected chi connectivity index (χ0v) is 12.7. The van der Waals surface area contributed by atoms with Gasteiger partial charge in [0.05, 0.1) is 16.1 Å². The molecule has 0 aliphatic carbocycles. The number of amides is 1. The summed E-state index contributed by atoms with van der Waals surface area (Å²) >= 11 is 2.98. The van der Waals surface area contributed by atoms with Crippen molar-refractivity contribution < 1.29 is 14.7 Å². The molecule has 2 aromatic heterocycles. The van der Waals surface area contributed by atoms with Crippen LogP contribution in [0.25, 0.3) is 9.40 Å². The van der Waals surface area contributed by atoms with Gasteiger partial charge >= 0.3 is 5.97 Å². The summed E-state index contributed by atoms with van der Waals surface area (Å²) in [4.78, 5) is 24.1. The Kier molecular flexibility index (Phi) is 3.48. The summed E-state index contributed by atoms with van der Waals surface area (Å²) < 4.78 is 2.13. The van der Waals surface area contributed by atoms with Crippen molar-refractivity contribution in [1.29, 1.82) is 0 Å². The maximum atomic E-state index is 12.3. The van der Waals surface area contributed by atoms with Crippen LogP contribution in [0.1, 0.15) is 25.6 Å². The Morgan fingerprint density at radius 2 is 2.00 bits per heavy atom. The zero-order chi connectivity index (χ0) is 15.0. The molecule has 0 atom stereocenters. The first-order valence-electron chi connectivity index (χ1n) is 6.17. The molecule has 6 heteroatoms. The lowest BCUT2D eigenvalue weighted by molar-refractivity contribution is 0.0698. The van der Waals surface area contributed by atoms with E-state index in [0.29, 0.717) is 10.6 Å². The first kappa shape index (κ1) is 13.8. The molecule has 2 heterocycles. The molecule has 21 heavy (non-hydrogen) atoms. The largest absolute Gasteiger partial charge is 0.478 e. The molecule has 3 aromatic rings. The Hall–Kier alpha value is -2.18. The third-order valence-electron chi connectivity index (χ3n) is 3.10. The molecule has 0 aliphatic rings. The van der Waals surface area contributed by atoms with Gasteiger partial charge in [0.2, 0.25) is 0 Å². The minimum absolute atomic E-state index is 0.0988. The van der Waals surface area contributed by atoms with Gasteiger partial charge in [0.25, 0.3) is 5.91 Å². The molecule has 0 bridgehead atoms. The first-order valence-corrected chi connectivity index (χ1v) is 7.87. The number of rotatable bonds is 3. The van der Waals surface area contributed by atoms with Crippen molar-refractivity contribution in [2.75, 3.05) is 5.32 Å². The number of fused-ring (bicyclic) bond motifs is 1. The second-order valence-electron chi connectivity index (χ2n) is 4.52. The Balaban J connectivity index is 1.94. The molecule has 0 spiro atoms. The van der Waals surface area contributed by atoms with Crippen LogP contribution in [-0.4, -0.2) is 17.0 Å². The van der Waals surface area contributed by atoms with E-state index in [9.17, 15) is 14.7 Å². The highest BCUT2D eigenvalue weighted by Crippen LogP contribution is 2.31. The number of carboxylic acid groups (broad SMARTS) is 1. The van der Waals surface area contributed by atoms with E-state index in [1.54, 1.807) is 30.4 Å². The number of carbonyl (C=O) groups excluding carboxylic acids is 1. The van der Waals surface area contributed by atoms with Gasteiger partial charge in [0, 0.05) is 9.40 Å². The van der Waals surface area contributed by atoms with Gasteiger partial charge in [-0.2, -0.15) is 0 Å². The van der Waals surface area contributed by atoms with Crippen LogP contribution in [0, 0.1) is 6.92 Å². The fraction of sp³-hybridized carbons (Fsp3) is 0.0667. The summed E-state index contributed by atoms with van der Waals surface area (Å²) in [7, 11) is 0. The van der Waals surface area contributed by atoms with Crippen molar-refractivity contribution in [2.24, 2.45) is 0 Å². The number of carbonyl (C=O) groups is 2. The molecule has 1 amide bonds. The van der Waals surface area contributed by atoms with Crippen molar-refractivity contribution in [1.82, 2.24) is 0 Å². The highest BCUT2D eigenvalue weighted by molar-refractivity contribution is 7.27. The number of aromatic carboxylic acids is 1. The van der Waals surface area contributed by atoms with Crippen molar-refractivity contribution in [3.05, 3.63) is 51.7 Å². The standard InChI is InChI=1S/C15H11NO3S2/c1-8-3-2-4-9(15(18)19)13(8)16-14(17)12-7-11-10(21-12)5-6-20-11/h2-7H,1H3,(H,16,17)(H,18,19). The van der Waals surface area contributed by atoms with Crippen LogP contribution in [0.15, 0.2) is 35.7 Å². The van der Waals surface area contributed by atoms with Gasteiger partial charge < -0.3 is 10.4 Å². The molecule has 0 saturated heterocycles. The molecule has 0 unspecified atom stereocenters. The Labute approximate surface area is 128 Å². The Bertz CT molecular complexity index is 819. The van der Waals surface area contributed by atoms with Crippen LogP contribution in [-0.2, 0) is 0 Å². The van der Waals surface area contributed by atoms with E-state index >= 15 is 0 Å². The molecule has 4 nitrogen and oxygen atoms in total. The second-order valence-corrected chi connectivity index (χ2v) is 6.55. The lowest BCUT2D eigenvalue weighted by Crippen LogP contribution is -2.14. The van der Waals surface area contributed by atoms with Crippen molar-refractivity contribution in [2.45, 2.75) is 6.92 Å². The lowest BCUT2D eigenvalue weighted by Gasteiger charge is -2.10. The van der Waals surface area contributed by atoms with Crippen LogP contribution >= 0.6 is 22.7 Å². The smallest absolute Gasteiger partial charge is 0.337 e. The minimum atomic E-state index is -1.05. The molecule has 0 radical (unpaired) electrons. The van der Waals surface area contributed by atoms with Crippen LogP contribution in [0.3, 0.4) is 0 Å². The number of aryl methyl sites for hydroxylation is 1. The Morgan fingerprint density at radius 1 is 1.19 bits per heavy atom. The Morgan fingerprint density at radius 3 is 2.71 bits per heavy atom. The van der Waals surface area contributed by atoms with Gasteiger partial charge in [-0.3, -0.25) is 4.79 Å². The van der Waals surface area contributed by atoms with Gasteiger partial charge in [-0.25, -0.2) is 4.79 Å². The highest BCUT2D eigenvalue weighted by Gasteiger charge is 2.17. The summed E-state index contributed by atoms with van der Waals surface area (Å²) in [6, 6.07) is 8.72. The van der Waals surface area contributed by atoms with Gasteiger partial charge in [-0.15, -0.1) is 22.7 Å². The summed E-state index contributed by atoms with van der Waals surface area (Å²) in [5, 5.41) is 13.9. The highest BCUT2D eigenvalue weighted by atomic mass is 32.1. The van der Waals surface area contributed by atoms with E-state index in [1.165, 1.54) is 17.4 Å². The lowest BCUT2D eigenvalue weighted by atomic mass is 10.1. The van der Waals surface area contributed by atoms with Crippen molar-refractivity contribution in [3.8, 4) is 0 Å². The average molecular weight is 317 g/mol. The number of para-hydroxylation sites is 1. The molecule has 1 aromatic carbocycles. The van der Waals surface area contributed by atoms with E-state index in [4.69, 9.17) is 0 Å². The molecule has 0 saturated carbocycles. The maximum Gasteiger partial charge on any atom is 0.337 e. The minimum Gasteiger partial charge on any atom is -0.478 e. The van der Waals surface area contributed by atoms with Crippen LogP contribution in [0.2, 0.25) is 0 Å². The summed E-state index contributed by atoms with van der Waals surface area (Å²) in [5.41, 5.74) is 1.18. The third kappa shape index (κ3) is 2.55. The molecule has 106 valence electrons. The van der Waals surface area contributed by atoms with E-state index in [1.807, 2.05) is 17.5 Å². The van der Waals surface area contributed by atoms with Gasteiger partial charge in [0.15, 0.2) is 0 Å². The topological polar surface area (TPSA) is 66.4 Å². The number of hydrogen-bond donors (Lipinski definition) is 2. The fourth-order valence-corrected chi connectivity index (χ4v) is 4.07. The SMILES string of the molecule is Cc1cccc(C(=O)O)c1NC(=O)c1cc2sccc2s1. The van der Waals surface area contributed by atoms with E-state index in [-0.39, 0.29) is 11.5 Å². The molecular weight excluding hydrogens is 306 g/mol. The number of thiophene rings is 2. The van der Waals surface area contributed by atoms with Crippen molar-refractivity contribution >= 4 is 49.6 Å². The number of anilines is 1. The van der Waals surface area contributed by atoms with Crippen LogP contribution < -0.4 is 5.32 Å². The van der Waals surface area contributed by atoms with Gasteiger partial charge in [-0.1, -0.05) is 12.1 Å². The van der Waals surface area contributed by atoms with Crippen LogP contribution in [0.5, 0.6) is 0 Å². The summed E-state index contributed by atoms with van der Waals surface area (Å²) in [6.07, 6.45) is 0. The number of benzene rings is 1. The fourth-order valence-electron chi connectivity index (χ4n) is 2.06. The third-order valence-corrected chi connectivity index (χ3v) is 5.20. The van der Waals surface area contributed by atoms with Gasteiger partial charge in [-0.05, 0) is 36.1 Å². The van der Waals surface area contributed by atoms with E-state index in [0.717, 1.165) is 15.0 Å². The van der Waals surface area contributed by atoms with Crippen LogP contribution in [0.4, 0.5) is 5.69 Å². The predicted octanol–water partition coefficient (Wildman–Crippen LogP) is 4.22. The second kappa shape index (κ2) is 5.31. The monoisotopic (exact) mass is 317 g/mol.